The van der Waals surface area contributed by atoms with Gasteiger partial charge in [-0.1, -0.05) is 18.2 Å². The quantitative estimate of drug-likeness (QED) is 0.763. The first-order chi connectivity index (χ1) is 8.11. The highest BCUT2D eigenvalue weighted by molar-refractivity contribution is 7.91. The lowest BCUT2D eigenvalue weighted by Gasteiger charge is -2.05. The summed E-state index contributed by atoms with van der Waals surface area (Å²) < 4.78 is 28.7. The minimum absolute atomic E-state index is 0.000227. The summed E-state index contributed by atoms with van der Waals surface area (Å²) in [7, 11) is -3.59. The first kappa shape index (κ1) is 12.3. The molecule has 2 rings (SSSR count). The van der Waals surface area contributed by atoms with Crippen molar-refractivity contribution < 1.29 is 13.5 Å². The Balaban J connectivity index is 2.18. The third-order valence-electron chi connectivity index (χ3n) is 2.06. The molecule has 0 saturated carbocycles. The highest BCUT2D eigenvalue weighted by Gasteiger charge is 2.10. The van der Waals surface area contributed by atoms with Crippen molar-refractivity contribution >= 4 is 36.6 Å². The topological polar surface area (TPSA) is 78.4 Å². The van der Waals surface area contributed by atoms with Gasteiger partial charge in [-0.2, -0.15) is 13.1 Å². The second kappa shape index (κ2) is 5.01. The Morgan fingerprint density at radius 1 is 1.29 bits per heavy atom. The Morgan fingerprint density at radius 2 is 2.06 bits per heavy atom. The molecular weight excluding hydrogens is 260 g/mol. The molecule has 1 aromatic carbocycles. The van der Waals surface area contributed by atoms with Crippen LogP contribution < -0.4 is 9.44 Å². The maximum absolute atomic E-state index is 11.5. The van der Waals surface area contributed by atoms with Crippen molar-refractivity contribution in [1.29, 1.82) is 0 Å². The van der Waals surface area contributed by atoms with Crippen LogP contribution in [0.3, 0.4) is 0 Å². The summed E-state index contributed by atoms with van der Waals surface area (Å²) in [4.78, 5) is 0. The van der Waals surface area contributed by atoms with Crippen LogP contribution in [0.1, 0.15) is 0 Å². The van der Waals surface area contributed by atoms with Crippen molar-refractivity contribution in [3.05, 3.63) is 30.3 Å². The van der Waals surface area contributed by atoms with E-state index in [4.69, 9.17) is 5.11 Å². The molecule has 5 nitrogen and oxygen atoms in total. The predicted molar refractivity (Wildman–Crippen MR) is 69.5 cm³/mol. The van der Waals surface area contributed by atoms with E-state index in [1.165, 1.54) is 11.3 Å². The maximum atomic E-state index is 11.5. The molecule has 0 unspecified atom stereocenters. The molecule has 0 radical (unpaired) electrons. The lowest BCUT2D eigenvalue weighted by molar-refractivity contribution is 0.301. The predicted octanol–water partition coefficient (Wildman–Crippen LogP) is 1.14. The first-order valence-electron chi connectivity index (χ1n) is 4.97. The molecule has 0 aliphatic carbocycles. The minimum Gasteiger partial charge on any atom is -0.395 e. The van der Waals surface area contributed by atoms with Crippen LogP contribution in [0, 0.1) is 0 Å². The SMILES string of the molecule is O=S(=O)(NCCO)Nc1cc2ccccc2s1. The van der Waals surface area contributed by atoms with Gasteiger partial charge in [-0.15, -0.1) is 11.3 Å². The van der Waals surface area contributed by atoms with Crippen LogP contribution in [0.15, 0.2) is 30.3 Å². The molecule has 0 fully saturated rings. The average molecular weight is 272 g/mol. The molecule has 0 saturated heterocycles. The van der Waals surface area contributed by atoms with Gasteiger partial charge in [0.25, 0.3) is 10.2 Å². The van der Waals surface area contributed by atoms with Gasteiger partial charge in [0.05, 0.1) is 6.61 Å². The van der Waals surface area contributed by atoms with Crippen molar-refractivity contribution in [2.45, 2.75) is 0 Å². The molecule has 17 heavy (non-hydrogen) atoms. The number of aliphatic hydroxyl groups excluding tert-OH is 1. The molecule has 0 bridgehead atoms. The molecule has 0 amide bonds. The number of benzene rings is 1. The molecular formula is C10H12N2O3S2. The van der Waals surface area contributed by atoms with Gasteiger partial charge in [0.15, 0.2) is 0 Å². The Hall–Kier alpha value is -1.15. The molecule has 7 heteroatoms. The third-order valence-corrected chi connectivity index (χ3v) is 4.30. The molecule has 0 atom stereocenters. The van der Waals surface area contributed by atoms with E-state index < -0.39 is 10.2 Å². The van der Waals surface area contributed by atoms with Gasteiger partial charge in [-0.05, 0) is 17.5 Å². The Kier molecular flexibility index (Phi) is 3.63. The lowest BCUT2D eigenvalue weighted by atomic mass is 10.3. The Bertz CT molecular complexity index is 574. The summed E-state index contributed by atoms with van der Waals surface area (Å²) in [6, 6.07) is 9.43. The lowest BCUT2D eigenvalue weighted by Crippen LogP contribution is -2.31. The molecule has 0 spiro atoms. The van der Waals surface area contributed by atoms with E-state index >= 15 is 0 Å². The van der Waals surface area contributed by atoms with Crippen molar-refractivity contribution in [2.75, 3.05) is 17.9 Å². The molecule has 3 N–H and O–H groups in total. The van der Waals surface area contributed by atoms with E-state index in [9.17, 15) is 8.42 Å². The van der Waals surface area contributed by atoms with Gasteiger partial charge in [0.2, 0.25) is 0 Å². The van der Waals surface area contributed by atoms with Gasteiger partial charge in [0.1, 0.15) is 5.00 Å². The molecule has 1 aromatic heterocycles. The second-order valence-electron chi connectivity index (χ2n) is 3.37. The highest BCUT2D eigenvalue weighted by Crippen LogP contribution is 2.29. The van der Waals surface area contributed by atoms with E-state index in [0.29, 0.717) is 5.00 Å². The molecule has 0 aliphatic heterocycles. The zero-order valence-corrected chi connectivity index (χ0v) is 10.5. The third kappa shape index (κ3) is 3.16. The van der Waals surface area contributed by atoms with Crippen molar-refractivity contribution in [3.8, 4) is 0 Å². The summed E-state index contributed by atoms with van der Waals surface area (Å²) >= 11 is 1.36. The van der Waals surface area contributed by atoms with Crippen molar-refractivity contribution in [1.82, 2.24) is 4.72 Å². The Labute approximate surface area is 103 Å². The zero-order valence-electron chi connectivity index (χ0n) is 8.88. The standard InChI is InChI=1S/C10H12N2O3S2/c13-6-5-11-17(14,15)12-10-7-8-3-1-2-4-9(8)16-10/h1-4,7,11-13H,5-6H2. The minimum atomic E-state index is -3.59. The van der Waals surface area contributed by atoms with Crippen LogP contribution in [-0.2, 0) is 10.2 Å². The average Bonchev–Trinajstić information content (AvgIpc) is 2.67. The molecule has 2 aromatic rings. The number of fused-ring (bicyclic) bond motifs is 1. The van der Waals surface area contributed by atoms with Crippen LogP contribution in [0.4, 0.5) is 5.00 Å². The largest absolute Gasteiger partial charge is 0.395 e. The van der Waals surface area contributed by atoms with Gasteiger partial charge in [-0.3, -0.25) is 4.72 Å². The van der Waals surface area contributed by atoms with E-state index in [1.807, 2.05) is 24.3 Å². The summed E-state index contributed by atoms with van der Waals surface area (Å²) in [6.45, 7) is -0.229. The number of thiophene rings is 1. The zero-order chi connectivity index (χ0) is 12.3. The number of hydrogen-bond donors (Lipinski definition) is 3. The van der Waals surface area contributed by atoms with Crippen LogP contribution in [0.25, 0.3) is 10.1 Å². The molecule has 0 aliphatic rings. The first-order valence-corrected chi connectivity index (χ1v) is 7.27. The summed E-state index contributed by atoms with van der Waals surface area (Å²) in [5.41, 5.74) is 0. The smallest absolute Gasteiger partial charge is 0.299 e. The summed E-state index contributed by atoms with van der Waals surface area (Å²) in [6.07, 6.45) is 0. The number of aliphatic hydroxyl groups is 1. The summed E-state index contributed by atoms with van der Waals surface area (Å²) in [5.74, 6) is 0. The second-order valence-corrected chi connectivity index (χ2v) is 5.96. The number of hydrogen-bond acceptors (Lipinski definition) is 4. The maximum Gasteiger partial charge on any atom is 0.299 e. The van der Waals surface area contributed by atoms with Gasteiger partial charge >= 0.3 is 0 Å². The fourth-order valence-electron chi connectivity index (χ4n) is 1.38. The van der Waals surface area contributed by atoms with E-state index in [0.717, 1.165) is 10.1 Å². The monoisotopic (exact) mass is 272 g/mol. The Morgan fingerprint density at radius 3 is 2.76 bits per heavy atom. The van der Waals surface area contributed by atoms with Crippen LogP contribution in [0.2, 0.25) is 0 Å². The van der Waals surface area contributed by atoms with Crippen LogP contribution in [-0.4, -0.2) is 26.7 Å². The normalized spacial score (nSPS) is 11.8. The fraction of sp³-hybridized carbons (Fsp3) is 0.200. The van der Waals surface area contributed by atoms with E-state index in [-0.39, 0.29) is 13.2 Å². The van der Waals surface area contributed by atoms with E-state index in [2.05, 4.69) is 9.44 Å². The number of rotatable bonds is 5. The van der Waals surface area contributed by atoms with E-state index in [1.54, 1.807) is 6.07 Å². The number of nitrogens with one attached hydrogen (secondary N) is 2. The van der Waals surface area contributed by atoms with Crippen molar-refractivity contribution in [2.24, 2.45) is 0 Å². The van der Waals surface area contributed by atoms with Crippen LogP contribution in [0.5, 0.6) is 0 Å². The molecule has 1 heterocycles. The van der Waals surface area contributed by atoms with Gasteiger partial charge in [-0.25, -0.2) is 0 Å². The van der Waals surface area contributed by atoms with Crippen LogP contribution >= 0.6 is 11.3 Å². The fourth-order valence-corrected chi connectivity index (χ4v) is 3.45. The summed E-state index contributed by atoms with van der Waals surface area (Å²) in [5, 5.41) is 10.1. The van der Waals surface area contributed by atoms with Crippen molar-refractivity contribution in [3.63, 3.8) is 0 Å². The highest BCUT2D eigenvalue weighted by atomic mass is 32.2. The van der Waals surface area contributed by atoms with Gasteiger partial charge < -0.3 is 5.11 Å². The molecule has 92 valence electrons. The van der Waals surface area contributed by atoms with Gasteiger partial charge in [0, 0.05) is 11.2 Å². The number of anilines is 1.